The van der Waals surface area contributed by atoms with Crippen LogP contribution in [-0.4, -0.2) is 18.1 Å². The van der Waals surface area contributed by atoms with E-state index in [1.807, 2.05) is 13.8 Å². The minimum Gasteiger partial charge on any atom is -0.258 e. The van der Waals surface area contributed by atoms with E-state index in [1.54, 1.807) is 12.1 Å². The molecule has 0 saturated carbocycles. The summed E-state index contributed by atoms with van der Waals surface area (Å²) in [6, 6.07) is 5.95. The maximum absolute atomic E-state index is 10.5. The van der Waals surface area contributed by atoms with Crippen molar-refractivity contribution in [3.63, 3.8) is 0 Å². The monoisotopic (exact) mass is 226 g/mol. The SMILES string of the molecule is CCON(OCC)c1ccc([N+](=O)[O-])cc1. The van der Waals surface area contributed by atoms with Crippen molar-refractivity contribution in [2.75, 3.05) is 18.4 Å². The van der Waals surface area contributed by atoms with Crippen LogP contribution in [0.3, 0.4) is 0 Å². The topological polar surface area (TPSA) is 64.8 Å². The summed E-state index contributed by atoms with van der Waals surface area (Å²) in [4.78, 5) is 20.4. The fraction of sp³-hybridized carbons (Fsp3) is 0.400. The fourth-order valence-electron chi connectivity index (χ4n) is 1.12. The minimum absolute atomic E-state index is 0.0386. The second kappa shape index (κ2) is 6.04. The number of hydrogen-bond donors (Lipinski definition) is 0. The van der Waals surface area contributed by atoms with Gasteiger partial charge >= 0.3 is 0 Å². The quantitative estimate of drug-likeness (QED) is 0.550. The molecular formula is C10H14N2O4. The van der Waals surface area contributed by atoms with Gasteiger partial charge in [0.25, 0.3) is 5.69 Å². The first-order valence-corrected chi connectivity index (χ1v) is 4.99. The molecule has 0 radical (unpaired) electrons. The minimum atomic E-state index is -0.449. The maximum Gasteiger partial charge on any atom is 0.269 e. The van der Waals surface area contributed by atoms with Crippen LogP contribution in [0.4, 0.5) is 11.4 Å². The molecule has 0 aliphatic heterocycles. The third-order valence-electron chi connectivity index (χ3n) is 1.76. The number of non-ortho nitro benzene ring substituents is 1. The van der Waals surface area contributed by atoms with E-state index < -0.39 is 4.92 Å². The lowest BCUT2D eigenvalue weighted by atomic mass is 10.3. The summed E-state index contributed by atoms with van der Waals surface area (Å²) in [5.74, 6) is 0. The lowest BCUT2D eigenvalue weighted by Gasteiger charge is -2.20. The Balaban J connectivity index is 2.80. The zero-order valence-corrected chi connectivity index (χ0v) is 9.25. The standard InChI is InChI=1S/C10H14N2O4/c1-3-15-12(16-4-2)10-7-5-9(6-8-10)11(13)14/h5-8H,3-4H2,1-2H3. The van der Waals surface area contributed by atoms with Crippen LogP contribution in [0.25, 0.3) is 0 Å². The van der Waals surface area contributed by atoms with Gasteiger partial charge in [-0.3, -0.25) is 10.1 Å². The Labute approximate surface area is 93.4 Å². The lowest BCUT2D eigenvalue weighted by molar-refractivity contribution is -0.384. The third-order valence-corrected chi connectivity index (χ3v) is 1.76. The summed E-state index contributed by atoms with van der Waals surface area (Å²) in [7, 11) is 0. The molecule has 6 heteroatoms. The van der Waals surface area contributed by atoms with E-state index >= 15 is 0 Å². The molecule has 0 aromatic heterocycles. The second-order valence-corrected chi connectivity index (χ2v) is 2.87. The van der Waals surface area contributed by atoms with Gasteiger partial charge in [0.05, 0.1) is 23.8 Å². The summed E-state index contributed by atoms with van der Waals surface area (Å²) in [6.45, 7) is 4.57. The number of nitro benzene ring substituents is 1. The molecule has 1 aromatic rings. The molecule has 0 unspecified atom stereocenters. The Morgan fingerprint density at radius 1 is 1.19 bits per heavy atom. The van der Waals surface area contributed by atoms with E-state index in [4.69, 9.17) is 9.68 Å². The molecule has 1 aromatic carbocycles. The van der Waals surface area contributed by atoms with Crippen molar-refractivity contribution in [3.8, 4) is 0 Å². The van der Waals surface area contributed by atoms with E-state index in [0.29, 0.717) is 18.9 Å². The zero-order valence-electron chi connectivity index (χ0n) is 9.25. The normalized spacial score (nSPS) is 10.1. The molecule has 1 rings (SSSR count). The van der Waals surface area contributed by atoms with Gasteiger partial charge in [-0.1, -0.05) is 0 Å². The largest absolute Gasteiger partial charge is 0.269 e. The van der Waals surface area contributed by atoms with Gasteiger partial charge in [0.15, 0.2) is 0 Å². The van der Waals surface area contributed by atoms with Crippen LogP contribution in [0.15, 0.2) is 24.3 Å². The van der Waals surface area contributed by atoms with Crippen molar-refractivity contribution in [3.05, 3.63) is 34.4 Å². The number of nitrogens with zero attached hydrogens (tertiary/aromatic N) is 2. The predicted molar refractivity (Wildman–Crippen MR) is 58.8 cm³/mol. The molecule has 0 spiro atoms. The second-order valence-electron chi connectivity index (χ2n) is 2.87. The van der Waals surface area contributed by atoms with Gasteiger partial charge in [0.1, 0.15) is 0 Å². The van der Waals surface area contributed by atoms with Crippen molar-refractivity contribution in [2.24, 2.45) is 0 Å². The van der Waals surface area contributed by atoms with E-state index in [1.165, 1.54) is 17.4 Å². The Morgan fingerprint density at radius 3 is 2.06 bits per heavy atom. The fourth-order valence-corrected chi connectivity index (χ4v) is 1.12. The van der Waals surface area contributed by atoms with Crippen molar-refractivity contribution in [2.45, 2.75) is 13.8 Å². The number of hydrogen-bond acceptors (Lipinski definition) is 5. The van der Waals surface area contributed by atoms with Crippen LogP contribution in [0.2, 0.25) is 0 Å². The first kappa shape index (κ1) is 12.4. The molecule has 0 aliphatic rings. The van der Waals surface area contributed by atoms with Gasteiger partial charge in [-0.15, -0.1) is 5.23 Å². The molecule has 0 bridgehead atoms. The van der Waals surface area contributed by atoms with Crippen LogP contribution in [-0.2, 0) is 9.68 Å². The molecule has 0 N–H and O–H groups in total. The van der Waals surface area contributed by atoms with Crippen molar-refractivity contribution in [1.82, 2.24) is 0 Å². The van der Waals surface area contributed by atoms with Gasteiger partial charge in [-0.05, 0) is 26.0 Å². The van der Waals surface area contributed by atoms with E-state index in [-0.39, 0.29) is 5.69 Å². The smallest absolute Gasteiger partial charge is 0.258 e. The Hall–Kier alpha value is -1.66. The van der Waals surface area contributed by atoms with Gasteiger partial charge < -0.3 is 0 Å². The molecule has 0 fully saturated rings. The summed E-state index contributed by atoms with van der Waals surface area (Å²) in [5.41, 5.74) is 0.658. The average molecular weight is 226 g/mol. The number of benzene rings is 1. The summed E-state index contributed by atoms with van der Waals surface area (Å²) in [5, 5.41) is 11.7. The molecule has 0 saturated heterocycles. The van der Waals surface area contributed by atoms with Gasteiger partial charge in [0, 0.05) is 12.1 Å². The highest BCUT2D eigenvalue weighted by Gasteiger charge is 2.09. The van der Waals surface area contributed by atoms with Crippen LogP contribution < -0.4 is 5.23 Å². The number of nitro groups is 1. The molecule has 0 aliphatic carbocycles. The molecule has 88 valence electrons. The molecule has 0 atom stereocenters. The Kier molecular flexibility index (Phi) is 4.68. The molecule has 16 heavy (non-hydrogen) atoms. The van der Waals surface area contributed by atoms with E-state index in [9.17, 15) is 10.1 Å². The van der Waals surface area contributed by atoms with Crippen LogP contribution >= 0.6 is 0 Å². The molecule has 0 amide bonds. The highest BCUT2D eigenvalue weighted by atomic mass is 16.9. The zero-order chi connectivity index (χ0) is 12.0. The van der Waals surface area contributed by atoms with E-state index in [2.05, 4.69) is 0 Å². The molecule has 0 heterocycles. The van der Waals surface area contributed by atoms with Crippen LogP contribution in [0, 0.1) is 10.1 Å². The predicted octanol–water partition coefficient (Wildman–Crippen LogP) is 2.30. The summed E-state index contributed by atoms with van der Waals surface area (Å²) < 4.78 is 0. The molecule has 6 nitrogen and oxygen atoms in total. The maximum atomic E-state index is 10.5. The number of anilines is 1. The third kappa shape index (κ3) is 3.18. The summed E-state index contributed by atoms with van der Waals surface area (Å²) >= 11 is 0. The molecular weight excluding hydrogens is 212 g/mol. The average Bonchev–Trinajstić information content (AvgIpc) is 2.29. The highest BCUT2D eigenvalue weighted by Crippen LogP contribution is 2.19. The Morgan fingerprint density at radius 2 is 1.69 bits per heavy atom. The Bertz CT molecular complexity index is 333. The van der Waals surface area contributed by atoms with Crippen molar-refractivity contribution >= 4 is 11.4 Å². The van der Waals surface area contributed by atoms with Gasteiger partial charge in [-0.25, -0.2) is 9.68 Å². The van der Waals surface area contributed by atoms with Crippen LogP contribution in [0.1, 0.15) is 13.8 Å². The van der Waals surface area contributed by atoms with Crippen molar-refractivity contribution in [1.29, 1.82) is 0 Å². The first-order chi connectivity index (χ1) is 7.69. The van der Waals surface area contributed by atoms with Gasteiger partial charge in [0.2, 0.25) is 0 Å². The highest BCUT2D eigenvalue weighted by molar-refractivity contribution is 5.47. The number of rotatable bonds is 6. The first-order valence-electron chi connectivity index (χ1n) is 4.99. The summed E-state index contributed by atoms with van der Waals surface area (Å²) in [6.07, 6.45) is 0. The van der Waals surface area contributed by atoms with E-state index in [0.717, 1.165) is 0 Å². The van der Waals surface area contributed by atoms with Crippen molar-refractivity contribution < 1.29 is 14.6 Å². The van der Waals surface area contributed by atoms with Gasteiger partial charge in [-0.2, -0.15) is 0 Å². The van der Waals surface area contributed by atoms with Crippen LogP contribution in [0.5, 0.6) is 0 Å². The lowest BCUT2D eigenvalue weighted by Crippen LogP contribution is -2.23.